The molecule has 0 spiro atoms. The van der Waals surface area contributed by atoms with Crippen LogP contribution < -0.4 is 0 Å². The highest BCUT2D eigenvalue weighted by Gasteiger charge is 2.19. The van der Waals surface area contributed by atoms with Crippen molar-refractivity contribution in [2.75, 3.05) is 13.2 Å². The van der Waals surface area contributed by atoms with E-state index in [9.17, 15) is 14.4 Å². The first-order valence-corrected chi connectivity index (χ1v) is 30.9. The molecule has 0 saturated heterocycles. The lowest BCUT2D eigenvalue weighted by Gasteiger charge is -2.18. The zero-order chi connectivity index (χ0) is 52.2. The van der Waals surface area contributed by atoms with Crippen LogP contribution in [0.2, 0.25) is 0 Å². The fourth-order valence-corrected chi connectivity index (χ4v) is 8.81. The fraction of sp³-hybridized carbons (Fsp3) is 0.773. The second-order valence-electron chi connectivity index (χ2n) is 20.6. The van der Waals surface area contributed by atoms with Gasteiger partial charge in [-0.25, -0.2) is 0 Å². The minimum atomic E-state index is -0.777. The maximum absolute atomic E-state index is 12.9. The van der Waals surface area contributed by atoms with E-state index in [1.807, 2.05) is 0 Å². The second kappa shape index (κ2) is 60.4. The number of ether oxygens (including phenoxy) is 3. The first-order chi connectivity index (χ1) is 35.5. The van der Waals surface area contributed by atoms with Crippen molar-refractivity contribution in [1.29, 1.82) is 0 Å². The number of hydrogen-bond donors (Lipinski definition) is 0. The van der Waals surface area contributed by atoms with Gasteiger partial charge in [0.05, 0.1) is 0 Å². The van der Waals surface area contributed by atoms with Gasteiger partial charge in [0, 0.05) is 19.3 Å². The number of unbranched alkanes of at least 4 members (excludes halogenated alkanes) is 33. The molecule has 0 amide bonds. The molecule has 0 bridgehead atoms. The molecule has 0 saturated carbocycles. The van der Waals surface area contributed by atoms with Crippen molar-refractivity contribution in [3.63, 3.8) is 0 Å². The predicted octanol–water partition coefficient (Wildman–Crippen LogP) is 20.9. The maximum atomic E-state index is 12.9. The molecule has 1 unspecified atom stereocenters. The van der Waals surface area contributed by atoms with E-state index in [1.54, 1.807) is 0 Å². The molecule has 0 aromatic heterocycles. The SMILES string of the molecule is CC/C=C\C/C=C\C/C=C\C/C=C\C/C=C\CCCCCCCCCCCCCC(=O)OCC(COC(=O)CCCCCCC/C=C\CCCC)OC(=O)CCCCCCCCCCCCCCCCCC. The Bertz CT molecular complexity index is 1340. The zero-order valence-electron chi connectivity index (χ0n) is 47.7. The highest BCUT2D eigenvalue weighted by atomic mass is 16.6. The Kier molecular flexibility index (Phi) is 57.8. The van der Waals surface area contributed by atoms with Gasteiger partial charge in [-0.15, -0.1) is 0 Å². The first kappa shape index (κ1) is 68.8. The summed E-state index contributed by atoms with van der Waals surface area (Å²) in [5, 5.41) is 0. The molecule has 0 aromatic rings. The summed E-state index contributed by atoms with van der Waals surface area (Å²) in [5.74, 6) is -0.875. The van der Waals surface area contributed by atoms with E-state index in [0.29, 0.717) is 19.3 Å². The molecule has 0 aromatic carbocycles. The average molecular weight is 1010 g/mol. The lowest BCUT2D eigenvalue weighted by atomic mass is 10.0. The monoisotopic (exact) mass is 1000 g/mol. The molecule has 416 valence electrons. The van der Waals surface area contributed by atoms with E-state index < -0.39 is 6.10 Å². The van der Waals surface area contributed by atoms with Crippen molar-refractivity contribution in [3.05, 3.63) is 72.9 Å². The van der Waals surface area contributed by atoms with Gasteiger partial charge in [0.25, 0.3) is 0 Å². The Labute approximate surface area is 446 Å². The molecule has 72 heavy (non-hydrogen) atoms. The van der Waals surface area contributed by atoms with Gasteiger partial charge >= 0.3 is 17.9 Å². The summed E-state index contributed by atoms with van der Waals surface area (Å²) in [5.41, 5.74) is 0. The summed E-state index contributed by atoms with van der Waals surface area (Å²) in [6, 6.07) is 0. The van der Waals surface area contributed by atoms with Crippen LogP contribution in [0.4, 0.5) is 0 Å². The van der Waals surface area contributed by atoms with Gasteiger partial charge in [0.15, 0.2) is 6.10 Å². The number of rotatable bonds is 56. The van der Waals surface area contributed by atoms with Crippen molar-refractivity contribution in [3.8, 4) is 0 Å². The second-order valence-corrected chi connectivity index (χ2v) is 20.6. The summed E-state index contributed by atoms with van der Waals surface area (Å²) in [4.78, 5) is 38.2. The van der Waals surface area contributed by atoms with Crippen molar-refractivity contribution >= 4 is 17.9 Å². The van der Waals surface area contributed by atoms with Crippen LogP contribution in [0, 0.1) is 0 Å². The smallest absolute Gasteiger partial charge is 0.306 e. The van der Waals surface area contributed by atoms with Crippen LogP contribution in [0.3, 0.4) is 0 Å². The van der Waals surface area contributed by atoms with Gasteiger partial charge in [-0.1, -0.05) is 280 Å². The molecule has 0 heterocycles. The Balaban J connectivity index is 4.23. The van der Waals surface area contributed by atoms with E-state index in [-0.39, 0.29) is 31.1 Å². The van der Waals surface area contributed by atoms with Crippen LogP contribution in [0.15, 0.2) is 72.9 Å². The van der Waals surface area contributed by atoms with Gasteiger partial charge < -0.3 is 14.2 Å². The van der Waals surface area contributed by atoms with Crippen LogP contribution in [0.1, 0.15) is 310 Å². The summed E-state index contributed by atoms with van der Waals surface area (Å²) in [6.45, 7) is 6.51. The highest BCUT2D eigenvalue weighted by Crippen LogP contribution is 2.17. The molecular weight excluding hydrogens is 889 g/mol. The van der Waals surface area contributed by atoms with Crippen LogP contribution in [0.5, 0.6) is 0 Å². The van der Waals surface area contributed by atoms with Crippen molar-refractivity contribution in [1.82, 2.24) is 0 Å². The first-order valence-electron chi connectivity index (χ1n) is 30.9. The Hall–Kier alpha value is -3.15. The normalized spacial score (nSPS) is 12.5. The summed E-state index contributed by atoms with van der Waals surface area (Å²) in [6.07, 6.45) is 77.6. The lowest BCUT2D eigenvalue weighted by molar-refractivity contribution is -0.167. The maximum Gasteiger partial charge on any atom is 0.306 e. The molecule has 6 nitrogen and oxygen atoms in total. The quantitative estimate of drug-likeness (QED) is 0.0261. The molecule has 6 heteroatoms. The van der Waals surface area contributed by atoms with Gasteiger partial charge in [0.1, 0.15) is 13.2 Å². The highest BCUT2D eigenvalue weighted by molar-refractivity contribution is 5.71. The zero-order valence-corrected chi connectivity index (χ0v) is 47.7. The minimum Gasteiger partial charge on any atom is -0.462 e. The molecule has 0 rings (SSSR count). The lowest BCUT2D eigenvalue weighted by Crippen LogP contribution is -2.30. The fourth-order valence-electron chi connectivity index (χ4n) is 8.81. The minimum absolute atomic E-state index is 0.0763. The molecule has 0 aliphatic rings. The number of carbonyl (C=O) groups excluding carboxylic acids is 3. The largest absolute Gasteiger partial charge is 0.462 e. The molecule has 0 aliphatic carbocycles. The third-order valence-electron chi connectivity index (χ3n) is 13.4. The molecular formula is C66H116O6. The van der Waals surface area contributed by atoms with Crippen molar-refractivity contribution in [2.24, 2.45) is 0 Å². The standard InChI is InChI=1S/C66H116O6/c1-4-7-10-13-16-19-22-24-26-28-29-30-31-32-33-34-35-36-37-38-40-41-44-47-50-53-56-59-65(68)71-62-63(61-70-64(67)58-55-52-49-46-43-21-18-15-12-9-6-3)72-66(69)60-57-54-51-48-45-42-39-27-25-23-20-17-14-11-8-5-2/h7,10,15-16,18-19,24,26,29-30,32-33,63H,4-6,8-9,11-14,17,20-23,25,27-28,31,34-62H2,1-3H3/b10-7-,18-15-,19-16-,26-24-,30-29-,33-32-. The molecule has 0 fully saturated rings. The number of hydrogen-bond acceptors (Lipinski definition) is 6. The Morgan fingerprint density at radius 2 is 0.556 bits per heavy atom. The summed E-state index contributed by atoms with van der Waals surface area (Å²) < 4.78 is 16.9. The van der Waals surface area contributed by atoms with Gasteiger partial charge in [-0.3, -0.25) is 14.4 Å². The van der Waals surface area contributed by atoms with Gasteiger partial charge in [-0.2, -0.15) is 0 Å². The van der Waals surface area contributed by atoms with E-state index in [0.717, 1.165) is 96.3 Å². The summed E-state index contributed by atoms with van der Waals surface area (Å²) >= 11 is 0. The third kappa shape index (κ3) is 57.7. The topological polar surface area (TPSA) is 78.9 Å². The molecule has 0 radical (unpaired) electrons. The van der Waals surface area contributed by atoms with Crippen LogP contribution in [-0.2, 0) is 28.6 Å². The summed E-state index contributed by atoms with van der Waals surface area (Å²) in [7, 11) is 0. The van der Waals surface area contributed by atoms with Crippen molar-refractivity contribution < 1.29 is 28.6 Å². The van der Waals surface area contributed by atoms with E-state index >= 15 is 0 Å². The van der Waals surface area contributed by atoms with E-state index in [2.05, 4.69) is 93.7 Å². The Morgan fingerprint density at radius 3 is 0.903 bits per heavy atom. The van der Waals surface area contributed by atoms with Crippen LogP contribution in [-0.4, -0.2) is 37.2 Å². The number of esters is 3. The van der Waals surface area contributed by atoms with E-state index in [1.165, 1.54) is 173 Å². The van der Waals surface area contributed by atoms with Crippen molar-refractivity contribution in [2.45, 2.75) is 316 Å². The molecule has 0 N–H and O–H groups in total. The van der Waals surface area contributed by atoms with Crippen LogP contribution >= 0.6 is 0 Å². The number of carbonyl (C=O) groups is 3. The van der Waals surface area contributed by atoms with Crippen LogP contribution in [0.25, 0.3) is 0 Å². The van der Waals surface area contributed by atoms with Gasteiger partial charge in [0.2, 0.25) is 0 Å². The molecule has 1 atom stereocenters. The Morgan fingerprint density at radius 1 is 0.292 bits per heavy atom. The predicted molar refractivity (Wildman–Crippen MR) is 311 cm³/mol. The molecule has 0 aliphatic heterocycles. The average Bonchev–Trinajstić information content (AvgIpc) is 3.38. The number of allylic oxidation sites excluding steroid dienone is 12. The van der Waals surface area contributed by atoms with Gasteiger partial charge in [-0.05, 0) is 83.5 Å². The third-order valence-corrected chi connectivity index (χ3v) is 13.4. The van der Waals surface area contributed by atoms with E-state index in [4.69, 9.17) is 14.2 Å².